The Labute approximate surface area is 101 Å². The van der Waals surface area contributed by atoms with Crippen molar-refractivity contribution in [2.24, 2.45) is 28.6 Å². The highest BCUT2D eigenvalue weighted by Gasteiger charge is 3.14. The van der Waals surface area contributed by atoms with Gasteiger partial charge in [-0.05, 0) is 41.7 Å². The van der Waals surface area contributed by atoms with Crippen molar-refractivity contribution in [1.82, 2.24) is 0 Å². The van der Waals surface area contributed by atoms with Crippen molar-refractivity contribution in [1.29, 1.82) is 0 Å². The molecule has 0 bridgehead atoms. The van der Waals surface area contributed by atoms with Gasteiger partial charge >= 0.3 is 0 Å². The molecular weight excluding hydrogens is 208 g/mol. The zero-order chi connectivity index (χ0) is 11.6. The van der Waals surface area contributed by atoms with Gasteiger partial charge in [0, 0.05) is 11.0 Å². The van der Waals surface area contributed by atoms with Crippen molar-refractivity contribution < 1.29 is 4.79 Å². The van der Waals surface area contributed by atoms with Crippen molar-refractivity contribution in [2.45, 2.75) is 13.8 Å². The standard InChI is InChI=1S/C16H14O/c1-8-3-5-9(6-4-8)7-10-11-12-13-15(2,14(10)17)16(11,12)13/h3-7,11-13H,1-2H3. The van der Waals surface area contributed by atoms with Crippen LogP contribution in [0, 0.1) is 35.5 Å². The molecule has 5 rings (SSSR count). The summed E-state index contributed by atoms with van der Waals surface area (Å²) in [5, 5.41) is 0. The van der Waals surface area contributed by atoms with E-state index in [4.69, 9.17) is 0 Å². The summed E-state index contributed by atoms with van der Waals surface area (Å²) in [7, 11) is 0. The van der Waals surface area contributed by atoms with Crippen LogP contribution in [0.2, 0.25) is 0 Å². The Balaban J connectivity index is 1.58. The van der Waals surface area contributed by atoms with Gasteiger partial charge in [-0.25, -0.2) is 0 Å². The van der Waals surface area contributed by atoms with Crippen LogP contribution in [0.4, 0.5) is 0 Å². The fourth-order valence-corrected chi connectivity index (χ4v) is 5.01. The average molecular weight is 222 g/mol. The van der Waals surface area contributed by atoms with E-state index in [0.29, 0.717) is 17.1 Å². The van der Waals surface area contributed by atoms with E-state index in [2.05, 4.69) is 44.2 Å². The summed E-state index contributed by atoms with van der Waals surface area (Å²) in [5.74, 6) is 2.80. The van der Waals surface area contributed by atoms with Gasteiger partial charge in [0.05, 0.1) is 0 Å². The Morgan fingerprint density at radius 3 is 2.53 bits per heavy atom. The van der Waals surface area contributed by atoms with Gasteiger partial charge in [0.1, 0.15) is 0 Å². The number of carbonyl (C=O) groups excluding carboxylic acids is 1. The second-order valence-corrected chi connectivity index (χ2v) is 6.46. The minimum Gasteiger partial charge on any atom is -0.294 e. The summed E-state index contributed by atoms with van der Waals surface area (Å²) in [6, 6.07) is 8.46. The van der Waals surface area contributed by atoms with E-state index in [-0.39, 0.29) is 5.41 Å². The lowest BCUT2D eigenvalue weighted by atomic mass is 9.84. The van der Waals surface area contributed by atoms with Crippen LogP contribution in [-0.4, -0.2) is 5.78 Å². The summed E-state index contributed by atoms with van der Waals surface area (Å²) in [6.07, 6.45) is 2.14. The number of benzene rings is 1. The molecule has 0 heterocycles. The third kappa shape index (κ3) is 0.614. The molecule has 1 nitrogen and oxygen atoms in total. The van der Waals surface area contributed by atoms with Crippen LogP contribution in [-0.2, 0) is 4.79 Å². The highest BCUT2D eigenvalue weighted by molar-refractivity contribution is 6.16. The Hall–Kier alpha value is -1.37. The summed E-state index contributed by atoms with van der Waals surface area (Å²) in [4.78, 5) is 12.3. The largest absolute Gasteiger partial charge is 0.294 e. The van der Waals surface area contributed by atoms with Gasteiger partial charge in [-0.1, -0.05) is 36.8 Å². The molecule has 0 saturated heterocycles. The summed E-state index contributed by atoms with van der Waals surface area (Å²) in [6.45, 7) is 4.28. The monoisotopic (exact) mass is 222 g/mol. The number of Topliss-reactive ketones (excluding diaryl/α,β-unsaturated/α-hetero) is 1. The molecular formula is C16H14O. The minimum atomic E-state index is 0.0822. The molecule has 1 spiro atoms. The molecule has 0 amide bonds. The quantitative estimate of drug-likeness (QED) is 0.668. The molecule has 17 heavy (non-hydrogen) atoms. The lowest BCUT2D eigenvalue weighted by Gasteiger charge is -2.18. The van der Waals surface area contributed by atoms with Crippen molar-refractivity contribution in [3.8, 4) is 0 Å². The van der Waals surface area contributed by atoms with Crippen LogP contribution in [0.3, 0.4) is 0 Å². The van der Waals surface area contributed by atoms with Crippen LogP contribution in [0.5, 0.6) is 0 Å². The van der Waals surface area contributed by atoms with Crippen molar-refractivity contribution >= 4 is 11.9 Å². The Morgan fingerprint density at radius 2 is 1.94 bits per heavy atom. The minimum absolute atomic E-state index is 0.0822. The molecule has 1 aromatic carbocycles. The van der Waals surface area contributed by atoms with E-state index < -0.39 is 0 Å². The van der Waals surface area contributed by atoms with Crippen LogP contribution in [0.25, 0.3) is 6.08 Å². The van der Waals surface area contributed by atoms with Crippen molar-refractivity contribution in [3.63, 3.8) is 0 Å². The smallest absolute Gasteiger partial charge is 0.165 e. The summed E-state index contributed by atoms with van der Waals surface area (Å²) < 4.78 is 0. The highest BCUT2D eigenvalue weighted by Crippen LogP contribution is 3.13. The number of aryl methyl sites for hydroxylation is 1. The Morgan fingerprint density at radius 1 is 1.24 bits per heavy atom. The van der Waals surface area contributed by atoms with E-state index in [1.165, 1.54) is 11.1 Å². The van der Waals surface area contributed by atoms with Crippen molar-refractivity contribution in [3.05, 3.63) is 41.0 Å². The number of allylic oxidation sites excluding steroid dienone is 1. The topological polar surface area (TPSA) is 17.1 Å². The third-order valence-corrected chi connectivity index (χ3v) is 5.99. The van der Waals surface area contributed by atoms with E-state index in [9.17, 15) is 4.79 Å². The maximum absolute atomic E-state index is 12.3. The lowest BCUT2D eigenvalue weighted by molar-refractivity contribution is -0.121. The molecule has 0 N–H and O–H groups in total. The third-order valence-electron chi connectivity index (χ3n) is 5.99. The summed E-state index contributed by atoms with van der Waals surface area (Å²) >= 11 is 0. The van der Waals surface area contributed by atoms with Crippen LogP contribution < -0.4 is 0 Å². The Bertz CT molecular complexity index is 623. The SMILES string of the molecule is Cc1ccc(C=C2C(=O)C3(C)C4C5C2C543)cc1. The predicted octanol–water partition coefficient (Wildman–Crippen LogP) is 2.84. The van der Waals surface area contributed by atoms with Crippen LogP contribution in [0.1, 0.15) is 18.1 Å². The van der Waals surface area contributed by atoms with E-state index in [1.807, 2.05) is 0 Å². The zero-order valence-corrected chi connectivity index (χ0v) is 10.0. The molecule has 4 aliphatic carbocycles. The number of hydrogen-bond donors (Lipinski definition) is 0. The van der Waals surface area contributed by atoms with Crippen molar-refractivity contribution in [2.75, 3.05) is 0 Å². The van der Waals surface area contributed by atoms with Gasteiger partial charge in [0.2, 0.25) is 0 Å². The zero-order valence-electron chi connectivity index (χ0n) is 10.0. The number of ketones is 1. The first-order valence-corrected chi connectivity index (χ1v) is 6.46. The lowest BCUT2D eigenvalue weighted by Crippen LogP contribution is -2.23. The van der Waals surface area contributed by atoms with E-state index >= 15 is 0 Å². The first kappa shape index (κ1) is 8.68. The molecule has 84 valence electrons. The molecule has 5 unspecified atom stereocenters. The van der Waals surface area contributed by atoms with Gasteiger partial charge in [0.25, 0.3) is 0 Å². The molecule has 4 aliphatic rings. The number of carbonyl (C=O) groups is 1. The number of rotatable bonds is 1. The molecule has 0 aliphatic heterocycles. The van der Waals surface area contributed by atoms with Crippen LogP contribution in [0.15, 0.2) is 29.8 Å². The average Bonchev–Trinajstić information content (AvgIpc) is 3.18. The molecule has 1 aromatic rings. The molecule has 5 atom stereocenters. The van der Waals surface area contributed by atoms with E-state index in [1.54, 1.807) is 0 Å². The van der Waals surface area contributed by atoms with Crippen LogP contribution >= 0.6 is 0 Å². The Kier molecular flexibility index (Phi) is 1.03. The van der Waals surface area contributed by atoms with Gasteiger partial charge in [-0.3, -0.25) is 4.79 Å². The fraction of sp³-hybridized carbons (Fsp3) is 0.438. The van der Waals surface area contributed by atoms with E-state index in [0.717, 1.165) is 17.4 Å². The highest BCUT2D eigenvalue weighted by atomic mass is 16.1. The van der Waals surface area contributed by atoms with Gasteiger partial charge in [-0.15, -0.1) is 0 Å². The molecule has 0 radical (unpaired) electrons. The molecule has 1 heteroatoms. The summed E-state index contributed by atoms with van der Waals surface area (Å²) in [5.41, 5.74) is 4.17. The molecule has 4 saturated carbocycles. The number of hydrogen-bond acceptors (Lipinski definition) is 1. The van der Waals surface area contributed by atoms with Gasteiger partial charge < -0.3 is 0 Å². The van der Waals surface area contributed by atoms with Gasteiger partial charge in [0.15, 0.2) is 5.78 Å². The second kappa shape index (κ2) is 2.03. The first-order valence-electron chi connectivity index (χ1n) is 6.46. The van der Waals surface area contributed by atoms with Gasteiger partial charge in [-0.2, -0.15) is 0 Å². The second-order valence-electron chi connectivity index (χ2n) is 6.46. The number of fused-ring (bicyclic) bond motifs is 3. The first-order chi connectivity index (χ1) is 8.13. The molecule has 4 fully saturated rings. The predicted molar refractivity (Wildman–Crippen MR) is 65.2 cm³/mol. The maximum Gasteiger partial charge on any atom is 0.165 e. The molecule has 0 aromatic heterocycles. The maximum atomic E-state index is 12.3. The normalized spacial score (nSPS) is 53.4. The fourth-order valence-electron chi connectivity index (χ4n) is 5.01.